The molecule has 2 aromatic carbocycles. The molecule has 7 heteroatoms. The van der Waals surface area contributed by atoms with E-state index in [4.69, 9.17) is 4.74 Å². The van der Waals surface area contributed by atoms with E-state index in [0.29, 0.717) is 17.9 Å². The van der Waals surface area contributed by atoms with Crippen molar-refractivity contribution in [2.24, 2.45) is 0 Å². The van der Waals surface area contributed by atoms with Crippen LogP contribution in [0.15, 0.2) is 59.5 Å². The Labute approximate surface area is 134 Å². The second-order valence-electron chi connectivity index (χ2n) is 4.71. The van der Waals surface area contributed by atoms with Gasteiger partial charge in [-0.25, -0.2) is 8.42 Å². The monoisotopic (exact) mass is 335 g/mol. The molecule has 122 valence electrons. The molecule has 2 N–H and O–H groups in total. The first-order valence-corrected chi connectivity index (χ1v) is 8.45. The van der Waals surface area contributed by atoms with E-state index in [0.717, 1.165) is 0 Å². The summed E-state index contributed by atoms with van der Waals surface area (Å²) >= 11 is 0. The van der Waals surface area contributed by atoms with Crippen LogP contribution >= 0.6 is 0 Å². The van der Waals surface area contributed by atoms with Crippen LogP contribution in [0, 0.1) is 0 Å². The van der Waals surface area contributed by atoms with Crippen molar-refractivity contribution in [3.8, 4) is 5.75 Å². The second kappa shape index (κ2) is 7.26. The Hall–Kier alpha value is -2.38. The zero-order valence-corrected chi connectivity index (χ0v) is 13.3. The molecule has 0 aliphatic carbocycles. The van der Waals surface area contributed by atoms with Crippen molar-refractivity contribution in [2.45, 2.75) is 17.9 Å². The third kappa shape index (κ3) is 4.30. The van der Waals surface area contributed by atoms with Crippen molar-refractivity contribution in [2.75, 3.05) is 6.61 Å². The highest BCUT2D eigenvalue weighted by Crippen LogP contribution is 2.20. The molecule has 0 aromatic heterocycles. The maximum absolute atomic E-state index is 12.4. The Morgan fingerprint density at radius 2 is 1.74 bits per heavy atom. The van der Waals surface area contributed by atoms with Gasteiger partial charge in [-0.1, -0.05) is 30.3 Å². The molecule has 1 atom stereocenters. The zero-order chi connectivity index (χ0) is 16.9. The van der Waals surface area contributed by atoms with Gasteiger partial charge in [0.2, 0.25) is 10.0 Å². The minimum atomic E-state index is -3.97. The van der Waals surface area contributed by atoms with Gasteiger partial charge in [0, 0.05) is 0 Å². The molecule has 0 amide bonds. The van der Waals surface area contributed by atoms with Crippen LogP contribution in [-0.4, -0.2) is 26.1 Å². The van der Waals surface area contributed by atoms with Gasteiger partial charge in [-0.05, 0) is 36.8 Å². The van der Waals surface area contributed by atoms with E-state index in [1.54, 1.807) is 30.3 Å². The Morgan fingerprint density at radius 3 is 2.26 bits per heavy atom. The smallest absolute Gasteiger partial charge is 0.326 e. The van der Waals surface area contributed by atoms with E-state index >= 15 is 0 Å². The molecule has 0 spiro atoms. The molecule has 23 heavy (non-hydrogen) atoms. The van der Waals surface area contributed by atoms with Crippen molar-refractivity contribution in [1.82, 2.24) is 4.72 Å². The highest BCUT2D eigenvalue weighted by molar-refractivity contribution is 7.89. The molecule has 2 aromatic rings. The fraction of sp³-hybridized carbons (Fsp3) is 0.188. The van der Waals surface area contributed by atoms with Gasteiger partial charge in [-0.3, -0.25) is 4.79 Å². The predicted molar refractivity (Wildman–Crippen MR) is 84.8 cm³/mol. The zero-order valence-electron chi connectivity index (χ0n) is 12.5. The van der Waals surface area contributed by atoms with Crippen LogP contribution in [0.3, 0.4) is 0 Å². The summed E-state index contributed by atoms with van der Waals surface area (Å²) in [5, 5.41) is 9.30. The van der Waals surface area contributed by atoms with Crippen LogP contribution in [-0.2, 0) is 14.8 Å². The van der Waals surface area contributed by atoms with E-state index < -0.39 is 22.0 Å². The van der Waals surface area contributed by atoms with Crippen molar-refractivity contribution in [3.63, 3.8) is 0 Å². The fourth-order valence-electron chi connectivity index (χ4n) is 2.01. The molecule has 0 bridgehead atoms. The normalized spacial score (nSPS) is 12.6. The van der Waals surface area contributed by atoms with Crippen LogP contribution < -0.4 is 9.46 Å². The average Bonchev–Trinajstić information content (AvgIpc) is 2.54. The minimum Gasteiger partial charge on any atom is -0.494 e. The highest BCUT2D eigenvalue weighted by Gasteiger charge is 2.26. The van der Waals surface area contributed by atoms with Gasteiger partial charge in [-0.2, -0.15) is 4.72 Å². The molecular weight excluding hydrogens is 318 g/mol. The molecule has 0 heterocycles. The standard InChI is InChI=1S/C16H17NO5S/c1-2-22-13-8-10-14(11-9-13)23(20,21)17-15(16(18)19)12-6-4-3-5-7-12/h3-11,15,17H,2H2,1H3,(H,18,19). The predicted octanol–water partition coefficient (Wildman–Crippen LogP) is 2.19. The lowest BCUT2D eigenvalue weighted by Crippen LogP contribution is -2.33. The van der Waals surface area contributed by atoms with E-state index in [1.165, 1.54) is 24.3 Å². The number of ether oxygens (including phenoxy) is 1. The SMILES string of the molecule is CCOc1ccc(S(=O)(=O)NC(C(=O)O)c2ccccc2)cc1. The summed E-state index contributed by atoms with van der Waals surface area (Å²) in [6.07, 6.45) is 0. The van der Waals surface area contributed by atoms with Crippen LogP contribution in [0.5, 0.6) is 5.75 Å². The maximum atomic E-state index is 12.4. The minimum absolute atomic E-state index is 0.0249. The summed E-state index contributed by atoms with van der Waals surface area (Å²) in [6.45, 7) is 2.29. The first-order valence-electron chi connectivity index (χ1n) is 6.97. The lowest BCUT2D eigenvalue weighted by Gasteiger charge is -2.15. The van der Waals surface area contributed by atoms with Gasteiger partial charge < -0.3 is 9.84 Å². The number of carboxylic acids is 1. The molecule has 0 radical (unpaired) electrons. The Bertz CT molecular complexity index is 757. The largest absolute Gasteiger partial charge is 0.494 e. The van der Waals surface area contributed by atoms with Gasteiger partial charge in [0.05, 0.1) is 11.5 Å². The maximum Gasteiger partial charge on any atom is 0.326 e. The molecule has 0 aliphatic rings. The van der Waals surface area contributed by atoms with Gasteiger partial charge in [-0.15, -0.1) is 0 Å². The van der Waals surface area contributed by atoms with Crippen LogP contribution in [0.25, 0.3) is 0 Å². The Morgan fingerprint density at radius 1 is 1.13 bits per heavy atom. The number of sulfonamides is 1. The van der Waals surface area contributed by atoms with Gasteiger partial charge >= 0.3 is 5.97 Å². The molecule has 0 fully saturated rings. The van der Waals surface area contributed by atoms with Crippen molar-refractivity contribution < 1.29 is 23.1 Å². The van der Waals surface area contributed by atoms with E-state index in [2.05, 4.69) is 4.72 Å². The van der Waals surface area contributed by atoms with Crippen molar-refractivity contribution in [1.29, 1.82) is 0 Å². The summed E-state index contributed by atoms with van der Waals surface area (Å²) in [5.74, 6) is -0.727. The van der Waals surface area contributed by atoms with E-state index in [9.17, 15) is 18.3 Å². The summed E-state index contributed by atoms with van der Waals surface area (Å²) in [5.41, 5.74) is 0.356. The number of carboxylic acid groups (broad SMARTS) is 1. The van der Waals surface area contributed by atoms with E-state index in [1.807, 2.05) is 6.92 Å². The number of carbonyl (C=O) groups is 1. The molecule has 0 aliphatic heterocycles. The lowest BCUT2D eigenvalue weighted by molar-refractivity contribution is -0.139. The fourth-order valence-corrected chi connectivity index (χ4v) is 3.19. The van der Waals surface area contributed by atoms with Gasteiger partial charge in [0.25, 0.3) is 0 Å². The summed E-state index contributed by atoms with van der Waals surface area (Å²) in [4.78, 5) is 11.4. The third-order valence-electron chi connectivity index (χ3n) is 3.10. The van der Waals surface area contributed by atoms with E-state index in [-0.39, 0.29) is 4.90 Å². The quantitative estimate of drug-likeness (QED) is 0.809. The number of rotatable bonds is 7. The van der Waals surface area contributed by atoms with Crippen molar-refractivity contribution in [3.05, 3.63) is 60.2 Å². The van der Waals surface area contributed by atoms with Crippen LogP contribution in [0.1, 0.15) is 18.5 Å². The summed E-state index contributed by atoms with van der Waals surface area (Å²) in [7, 11) is -3.97. The molecular formula is C16H17NO5S. The number of nitrogens with one attached hydrogen (secondary N) is 1. The Balaban J connectivity index is 2.26. The molecule has 6 nitrogen and oxygen atoms in total. The molecule has 0 saturated carbocycles. The lowest BCUT2D eigenvalue weighted by atomic mass is 10.1. The van der Waals surface area contributed by atoms with Gasteiger partial charge in [0.1, 0.15) is 11.8 Å². The van der Waals surface area contributed by atoms with Gasteiger partial charge in [0.15, 0.2) is 0 Å². The second-order valence-corrected chi connectivity index (χ2v) is 6.42. The highest BCUT2D eigenvalue weighted by atomic mass is 32.2. The molecule has 2 rings (SSSR count). The number of benzene rings is 2. The Kier molecular flexibility index (Phi) is 5.36. The number of hydrogen-bond acceptors (Lipinski definition) is 4. The summed E-state index contributed by atoms with van der Waals surface area (Å²) < 4.78 is 32.2. The topological polar surface area (TPSA) is 92.7 Å². The third-order valence-corrected chi connectivity index (χ3v) is 4.54. The molecule has 0 saturated heterocycles. The van der Waals surface area contributed by atoms with Crippen LogP contribution in [0.4, 0.5) is 0 Å². The number of aliphatic carboxylic acids is 1. The van der Waals surface area contributed by atoms with Crippen molar-refractivity contribution >= 4 is 16.0 Å². The molecule has 1 unspecified atom stereocenters. The average molecular weight is 335 g/mol. The first-order chi connectivity index (χ1) is 10.9. The summed E-state index contributed by atoms with van der Waals surface area (Å²) in [6, 6.07) is 12.6. The number of hydrogen-bond donors (Lipinski definition) is 2. The first kappa shape index (κ1) is 17.0. The van der Waals surface area contributed by atoms with Crippen LogP contribution in [0.2, 0.25) is 0 Å².